The first-order valence-corrected chi connectivity index (χ1v) is 9.42. The minimum Gasteiger partial charge on any atom is -0.305 e. The highest BCUT2D eigenvalue weighted by molar-refractivity contribution is 5.15. The number of nitrogens with zero attached hydrogens (tertiary/aromatic N) is 1. The fraction of sp³-hybridized carbons (Fsp3) is 0.762. The van der Waals surface area contributed by atoms with Gasteiger partial charge in [-0.2, -0.15) is 0 Å². The SMILES string of the molecule is CC.CCCCC(CCC)CN(C)CC1C=C=CC=C(C)C1. The second-order valence-corrected chi connectivity index (χ2v) is 6.50. The van der Waals surface area contributed by atoms with Gasteiger partial charge in [-0.3, -0.25) is 0 Å². The minimum absolute atomic E-state index is 0.628. The van der Waals surface area contributed by atoms with Crippen LogP contribution in [0.2, 0.25) is 0 Å². The van der Waals surface area contributed by atoms with E-state index in [9.17, 15) is 0 Å². The topological polar surface area (TPSA) is 3.24 Å². The summed E-state index contributed by atoms with van der Waals surface area (Å²) in [5.41, 5.74) is 4.77. The number of rotatable bonds is 9. The number of hydrogen-bond donors (Lipinski definition) is 0. The lowest BCUT2D eigenvalue weighted by Crippen LogP contribution is -2.30. The highest BCUT2D eigenvalue weighted by Crippen LogP contribution is 2.19. The van der Waals surface area contributed by atoms with Gasteiger partial charge >= 0.3 is 0 Å². The van der Waals surface area contributed by atoms with Crippen LogP contribution in [0.4, 0.5) is 0 Å². The van der Waals surface area contributed by atoms with Crippen LogP contribution < -0.4 is 0 Å². The van der Waals surface area contributed by atoms with Gasteiger partial charge in [0.15, 0.2) is 0 Å². The van der Waals surface area contributed by atoms with Crippen molar-refractivity contribution in [3.63, 3.8) is 0 Å². The van der Waals surface area contributed by atoms with Crippen molar-refractivity contribution in [1.82, 2.24) is 4.90 Å². The van der Waals surface area contributed by atoms with Gasteiger partial charge in [-0.05, 0) is 51.3 Å². The molecule has 0 saturated heterocycles. The fourth-order valence-electron chi connectivity index (χ4n) is 3.18. The normalized spacial score (nSPS) is 18.5. The summed E-state index contributed by atoms with van der Waals surface area (Å²) in [4.78, 5) is 2.54. The van der Waals surface area contributed by atoms with Crippen molar-refractivity contribution in [1.29, 1.82) is 0 Å². The summed E-state index contributed by atoms with van der Waals surface area (Å²) >= 11 is 0. The van der Waals surface area contributed by atoms with E-state index in [1.807, 2.05) is 13.8 Å². The molecule has 0 aromatic heterocycles. The second kappa shape index (κ2) is 13.9. The van der Waals surface area contributed by atoms with Gasteiger partial charge in [-0.15, -0.1) is 5.73 Å². The predicted octanol–water partition coefficient (Wildman–Crippen LogP) is 6.23. The van der Waals surface area contributed by atoms with Gasteiger partial charge in [-0.25, -0.2) is 0 Å². The summed E-state index contributed by atoms with van der Waals surface area (Å²) in [5.74, 6) is 1.51. The molecule has 0 aromatic rings. The molecule has 0 N–H and O–H groups in total. The lowest BCUT2D eigenvalue weighted by Gasteiger charge is -2.26. The first-order chi connectivity index (χ1) is 10.7. The molecular formula is C21H39N. The Kier molecular flexibility index (Phi) is 13.4. The van der Waals surface area contributed by atoms with Crippen molar-refractivity contribution in [2.75, 3.05) is 20.1 Å². The van der Waals surface area contributed by atoms with E-state index < -0.39 is 0 Å². The summed E-state index contributed by atoms with van der Waals surface area (Å²) in [6.07, 6.45) is 14.5. The van der Waals surface area contributed by atoms with Gasteiger partial charge in [-0.1, -0.05) is 58.6 Å². The second-order valence-electron chi connectivity index (χ2n) is 6.50. The van der Waals surface area contributed by atoms with Crippen LogP contribution in [0, 0.1) is 11.8 Å². The molecule has 1 heteroatoms. The summed E-state index contributed by atoms with van der Waals surface area (Å²) < 4.78 is 0. The Balaban J connectivity index is 0.00000211. The highest BCUT2D eigenvalue weighted by Gasteiger charge is 2.14. The van der Waals surface area contributed by atoms with Gasteiger partial charge in [0.25, 0.3) is 0 Å². The third kappa shape index (κ3) is 10.0. The predicted molar refractivity (Wildman–Crippen MR) is 101 cm³/mol. The maximum absolute atomic E-state index is 3.29. The van der Waals surface area contributed by atoms with Gasteiger partial charge in [0.2, 0.25) is 0 Å². The molecule has 1 rings (SSSR count). The first kappa shape index (κ1) is 21.2. The zero-order chi connectivity index (χ0) is 16.8. The van der Waals surface area contributed by atoms with Crippen molar-refractivity contribution in [3.8, 4) is 0 Å². The summed E-state index contributed by atoms with van der Waals surface area (Å²) in [6, 6.07) is 0. The van der Waals surface area contributed by atoms with Gasteiger partial charge < -0.3 is 4.90 Å². The molecule has 0 amide bonds. The van der Waals surface area contributed by atoms with Crippen LogP contribution in [0.15, 0.2) is 29.5 Å². The van der Waals surface area contributed by atoms with Gasteiger partial charge in [0.05, 0.1) is 0 Å². The molecule has 0 bridgehead atoms. The van der Waals surface area contributed by atoms with E-state index in [1.54, 1.807) is 0 Å². The van der Waals surface area contributed by atoms with E-state index >= 15 is 0 Å². The van der Waals surface area contributed by atoms with Gasteiger partial charge in [0.1, 0.15) is 0 Å². The van der Waals surface area contributed by atoms with Crippen molar-refractivity contribution < 1.29 is 0 Å². The van der Waals surface area contributed by atoms with Crippen LogP contribution in [0.3, 0.4) is 0 Å². The first-order valence-electron chi connectivity index (χ1n) is 9.42. The number of allylic oxidation sites excluding steroid dienone is 2. The van der Waals surface area contributed by atoms with Crippen molar-refractivity contribution in [3.05, 3.63) is 29.5 Å². The third-order valence-corrected chi connectivity index (χ3v) is 4.16. The van der Waals surface area contributed by atoms with Crippen LogP contribution in [0.5, 0.6) is 0 Å². The van der Waals surface area contributed by atoms with E-state index in [0.717, 1.165) is 5.92 Å². The van der Waals surface area contributed by atoms with Crippen molar-refractivity contribution in [2.45, 2.75) is 73.1 Å². The molecule has 0 spiro atoms. The molecule has 0 fully saturated rings. The zero-order valence-corrected chi connectivity index (χ0v) is 16.0. The van der Waals surface area contributed by atoms with Crippen LogP contribution in [-0.2, 0) is 0 Å². The maximum atomic E-state index is 3.29. The molecule has 1 aliphatic rings. The molecular weight excluding hydrogens is 266 g/mol. The van der Waals surface area contributed by atoms with E-state index in [1.165, 1.54) is 57.2 Å². The minimum atomic E-state index is 0.628. The third-order valence-electron chi connectivity index (χ3n) is 4.16. The Morgan fingerprint density at radius 1 is 1.23 bits per heavy atom. The molecule has 1 aliphatic carbocycles. The molecule has 2 atom stereocenters. The lowest BCUT2D eigenvalue weighted by molar-refractivity contribution is 0.235. The molecule has 2 unspecified atom stereocenters. The molecule has 0 saturated carbocycles. The smallest absolute Gasteiger partial charge is 0.00506 e. The Bertz CT molecular complexity index is 347. The van der Waals surface area contributed by atoms with Gasteiger partial charge in [0, 0.05) is 19.0 Å². The Morgan fingerprint density at radius 3 is 2.59 bits per heavy atom. The molecule has 22 heavy (non-hydrogen) atoms. The van der Waals surface area contributed by atoms with E-state index in [4.69, 9.17) is 0 Å². The Labute approximate surface area is 140 Å². The van der Waals surface area contributed by atoms with Crippen LogP contribution in [0.1, 0.15) is 73.1 Å². The zero-order valence-electron chi connectivity index (χ0n) is 16.0. The molecule has 128 valence electrons. The van der Waals surface area contributed by atoms with Crippen molar-refractivity contribution >= 4 is 0 Å². The van der Waals surface area contributed by atoms with Crippen LogP contribution in [-0.4, -0.2) is 25.0 Å². The number of unbranched alkanes of at least 4 members (excludes halogenated alkanes) is 1. The summed E-state index contributed by atoms with van der Waals surface area (Å²) in [5, 5.41) is 0. The Hall–Kier alpha value is -0.780. The molecule has 0 radical (unpaired) electrons. The molecule has 0 heterocycles. The lowest BCUT2D eigenvalue weighted by atomic mass is 9.95. The molecule has 0 aromatic carbocycles. The average Bonchev–Trinajstić information content (AvgIpc) is 2.71. The monoisotopic (exact) mass is 305 g/mol. The Morgan fingerprint density at radius 2 is 1.95 bits per heavy atom. The molecule has 1 nitrogen and oxygen atoms in total. The fourth-order valence-corrected chi connectivity index (χ4v) is 3.18. The van der Waals surface area contributed by atoms with E-state index in [0.29, 0.717) is 5.92 Å². The largest absolute Gasteiger partial charge is 0.305 e. The average molecular weight is 306 g/mol. The summed E-state index contributed by atoms with van der Waals surface area (Å²) in [6.45, 7) is 13.3. The molecule has 0 aliphatic heterocycles. The highest BCUT2D eigenvalue weighted by atomic mass is 15.1. The standard InChI is InChI=1S/C19H33N.C2H6/c1-5-7-12-18(10-6-2)15-20(4)16-19-13-9-8-11-17(3)14-19;1-2/h8,11,13,18-19H,5-7,10,12,14-16H2,1-4H3;1-2H3. The van der Waals surface area contributed by atoms with E-state index in [2.05, 4.69) is 56.7 Å². The number of hydrogen-bond acceptors (Lipinski definition) is 1. The van der Waals surface area contributed by atoms with Crippen molar-refractivity contribution in [2.24, 2.45) is 11.8 Å². The van der Waals surface area contributed by atoms with Crippen LogP contribution >= 0.6 is 0 Å². The maximum Gasteiger partial charge on any atom is 0.00506 e. The summed E-state index contributed by atoms with van der Waals surface area (Å²) in [7, 11) is 2.29. The quantitative estimate of drug-likeness (QED) is 0.456. The van der Waals surface area contributed by atoms with Crippen LogP contribution in [0.25, 0.3) is 0 Å². The van der Waals surface area contributed by atoms with E-state index in [-0.39, 0.29) is 0 Å².